The maximum absolute atomic E-state index is 12.6. The second-order valence-corrected chi connectivity index (χ2v) is 8.11. The third kappa shape index (κ3) is 3.34. The minimum atomic E-state index is -0.0958. The van der Waals surface area contributed by atoms with Crippen LogP contribution in [0.25, 0.3) is 27.0 Å². The number of hydrogen-bond acceptors (Lipinski definition) is 6. The van der Waals surface area contributed by atoms with E-state index in [-0.39, 0.29) is 5.56 Å². The van der Waals surface area contributed by atoms with Gasteiger partial charge in [0.15, 0.2) is 0 Å². The number of aromatic nitrogens is 4. The van der Waals surface area contributed by atoms with Gasteiger partial charge in [0.25, 0.3) is 5.56 Å². The summed E-state index contributed by atoms with van der Waals surface area (Å²) in [6, 6.07) is 14.0. The van der Waals surface area contributed by atoms with Crippen LogP contribution in [-0.4, -0.2) is 32.6 Å². The minimum Gasteiger partial charge on any atom is -0.337 e. The second kappa shape index (κ2) is 7.25. The normalized spacial score (nSPS) is 14.2. The molecule has 0 radical (unpaired) electrons. The Hall–Kier alpha value is -3.32. The van der Waals surface area contributed by atoms with Crippen molar-refractivity contribution in [3.63, 3.8) is 0 Å². The number of benzene rings is 1. The van der Waals surface area contributed by atoms with Gasteiger partial charge in [-0.2, -0.15) is 0 Å². The van der Waals surface area contributed by atoms with Crippen LogP contribution in [0.2, 0.25) is 0 Å². The van der Waals surface area contributed by atoms with Crippen LogP contribution in [0.5, 0.6) is 0 Å². The van der Waals surface area contributed by atoms with E-state index < -0.39 is 0 Å². The van der Waals surface area contributed by atoms with Crippen molar-refractivity contribution >= 4 is 32.9 Å². The predicted molar refractivity (Wildman–Crippen MR) is 117 cm³/mol. The molecule has 0 spiro atoms. The molecule has 5 rings (SSSR count). The van der Waals surface area contributed by atoms with Crippen LogP contribution in [0.3, 0.4) is 0 Å². The molecule has 0 saturated heterocycles. The Balaban J connectivity index is 1.51. The highest BCUT2D eigenvalue weighted by Gasteiger charge is 2.20. The molecule has 6 nitrogen and oxygen atoms in total. The van der Waals surface area contributed by atoms with Crippen LogP contribution in [-0.2, 0) is 7.05 Å². The van der Waals surface area contributed by atoms with Crippen molar-refractivity contribution in [3.8, 4) is 11.4 Å². The maximum Gasteiger partial charge on any atom is 0.255 e. The van der Waals surface area contributed by atoms with E-state index in [1.54, 1.807) is 23.9 Å². The fraction of sp³-hybridized carbons (Fsp3) is 0.182. The monoisotopic (exact) mass is 401 g/mol. The van der Waals surface area contributed by atoms with Crippen molar-refractivity contribution in [2.45, 2.75) is 6.42 Å². The molecule has 4 heterocycles. The molecule has 29 heavy (non-hydrogen) atoms. The molecule has 0 N–H and O–H groups in total. The summed E-state index contributed by atoms with van der Waals surface area (Å²) in [5, 5.41) is 1.27. The van der Waals surface area contributed by atoms with Crippen molar-refractivity contribution in [3.05, 3.63) is 76.3 Å². The van der Waals surface area contributed by atoms with Crippen molar-refractivity contribution in [2.24, 2.45) is 7.05 Å². The molecule has 144 valence electrons. The molecular weight excluding hydrogens is 382 g/mol. The summed E-state index contributed by atoms with van der Waals surface area (Å²) in [5.41, 5.74) is 2.40. The smallest absolute Gasteiger partial charge is 0.255 e. The third-order valence-corrected chi connectivity index (χ3v) is 6.32. The number of rotatable bonds is 3. The summed E-state index contributed by atoms with van der Waals surface area (Å²) < 4.78 is 2.90. The molecule has 1 aromatic carbocycles. The summed E-state index contributed by atoms with van der Waals surface area (Å²) in [7, 11) is 1.77. The zero-order valence-electron chi connectivity index (χ0n) is 15.9. The molecule has 0 bridgehead atoms. The van der Waals surface area contributed by atoms with Gasteiger partial charge in [-0.25, -0.2) is 15.0 Å². The number of hydrogen-bond donors (Lipinski definition) is 0. The van der Waals surface area contributed by atoms with Crippen LogP contribution in [0.15, 0.2) is 65.9 Å². The summed E-state index contributed by atoms with van der Waals surface area (Å²) >= 11 is 1.81. The zero-order valence-corrected chi connectivity index (χ0v) is 16.8. The van der Waals surface area contributed by atoms with Gasteiger partial charge in [0.05, 0.1) is 11.4 Å². The molecule has 0 saturated carbocycles. The number of thiophene rings is 1. The van der Waals surface area contributed by atoms with Gasteiger partial charge in [-0.05, 0) is 35.6 Å². The summed E-state index contributed by atoms with van der Waals surface area (Å²) in [5.74, 6) is 0.665. The molecule has 4 aromatic rings. The Kier molecular flexibility index (Phi) is 4.44. The van der Waals surface area contributed by atoms with Crippen molar-refractivity contribution in [1.82, 2.24) is 19.5 Å². The lowest BCUT2D eigenvalue weighted by Crippen LogP contribution is -2.35. The van der Waals surface area contributed by atoms with E-state index in [0.717, 1.165) is 19.5 Å². The average Bonchev–Trinajstić information content (AvgIpc) is 3.21. The summed E-state index contributed by atoms with van der Waals surface area (Å²) in [6.45, 7) is 1.54. The van der Waals surface area contributed by atoms with Gasteiger partial charge in [-0.1, -0.05) is 24.3 Å². The maximum atomic E-state index is 12.6. The molecule has 0 atom stereocenters. The lowest BCUT2D eigenvalue weighted by molar-refractivity contribution is 0.727. The zero-order chi connectivity index (χ0) is 19.8. The van der Waals surface area contributed by atoms with Crippen LogP contribution >= 0.6 is 11.3 Å². The molecular formula is C22H19N5OS. The first-order valence-electron chi connectivity index (χ1n) is 9.46. The Labute approximate surface area is 171 Å². The molecule has 1 aliphatic rings. The number of nitrogens with zero attached hydrogens (tertiary/aromatic N) is 5. The lowest BCUT2D eigenvalue weighted by atomic mass is 10.1. The highest BCUT2D eigenvalue weighted by Crippen LogP contribution is 2.33. The van der Waals surface area contributed by atoms with E-state index in [9.17, 15) is 4.79 Å². The quantitative estimate of drug-likeness (QED) is 0.523. The first-order chi connectivity index (χ1) is 14.2. The standard InChI is InChI=1S/C22H19N5OS/c1-26-21(28)12-18(17-8-9-23-14-24-17)25-22(26)27-10-4-6-16(13-27)20-11-15-5-2-3-7-19(15)29-20/h2-3,5-9,11-12,14H,4,10,13H2,1H3. The molecule has 0 amide bonds. The lowest BCUT2D eigenvalue weighted by Gasteiger charge is -2.29. The SMILES string of the molecule is Cn1c(N2CCC=C(c3cc4ccccc4s3)C2)nc(-c2ccncn2)cc1=O. The van der Waals surface area contributed by atoms with Crippen LogP contribution in [0, 0.1) is 0 Å². The van der Waals surface area contributed by atoms with Crippen LogP contribution < -0.4 is 10.5 Å². The second-order valence-electron chi connectivity index (χ2n) is 7.02. The van der Waals surface area contributed by atoms with Gasteiger partial charge in [0.1, 0.15) is 6.33 Å². The largest absolute Gasteiger partial charge is 0.337 e. The molecule has 3 aromatic heterocycles. The van der Waals surface area contributed by atoms with Crippen LogP contribution in [0.4, 0.5) is 5.95 Å². The molecule has 0 aliphatic carbocycles. The topological polar surface area (TPSA) is 63.9 Å². The number of anilines is 1. The third-order valence-electron chi connectivity index (χ3n) is 5.13. The highest BCUT2D eigenvalue weighted by molar-refractivity contribution is 7.20. The molecule has 1 aliphatic heterocycles. The molecule has 7 heteroatoms. The number of fused-ring (bicyclic) bond motifs is 1. The Bertz CT molecular complexity index is 1240. The van der Waals surface area contributed by atoms with Gasteiger partial charge in [-0.15, -0.1) is 11.3 Å². The van der Waals surface area contributed by atoms with Gasteiger partial charge in [-0.3, -0.25) is 9.36 Å². The Morgan fingerprint density at radius 2 is 2.00 bits per heavy atom. The van der Waals surface area contributed by atoms with Crippen molar-refractivity contribution in [1.29, 1.82) is 0 Å². The van der Waals surface area contributed by atoms with Gasteiger partial charge >= 0.3 is 0 Å². The predicted octanol–water partition coefficient (Wildman–Crippen LogP) is 3.75. The fourth-order valence-corrected chi connectivity index (χ4v) is 4.71. The minimum absolute atomic E-state index is 0.0958. The van der Waals surface area contributed by atoms with E-state index in [1.165, 1.54) is 32.9 Å². The summed E-state index contributed by atoms with van der Waals surface area (Å²) in [6.07, 6.45) is 6.34. The fourth-order valence-electron chi connectivity index (χ4n) is 3.62. The highest BCUT2D eigenvalue weighted by atomic mass is 32.1. The van der Waals surface area contributed by atoms with Crippen LogP contribution in [0.1, 0.15) is 11.3 Å². The Morgan fingerprint density at radius 3 is 2.83 bits per heavy atom. The van der Waals surface area contributed by atoms with E-state index in [4.69, 9.17) is 4.98 Å². The first-order valence-corrected chi connectivity index (χ1v) is 10.3. The van der Waals surface area contributed by atoms with E-state index in [1.807, 2.05) is 11.3 Å². The van der Waals surface area contributed by atoms with E-state index in [0.29, 0.717) is 17.3 Å². The molecule has 0 unspecified atom stereocenters. The first kappa shape index (κ1) is 17.8. The van der Waals surface area contributed by atoms with Crippen molar-refractivity contribution < 1.29 is 0 Å². The van der Waals surface area contributed by atoms with E-state index >= 15 is 0 Å². The Morgan fingerprint density at radius 1 is 1.10 bits per heavy atom. The summed E-state index contributed by atoms with van der Waals surface area (Å²) in [4.78, 5) is 29.0. The van der Waals surface area contributed by atoms with Gasteiger partial charge in [0.2, 0.25) is 5.95 Å². The van der Waals surface area contributed by atoms with Gasteiger partial charge < -0.3 is 4.90 Å². The molecule has 0 fully saturated rings. The van der Waals surface area contributed by atoms with E-state index in [2.05, 4.69) is 51.3 Å². The average molecular weight is 401 g/mol. The van der Waals surface area contributed by atoms with Gasteiger partial charge in [0, 0.05) is 42.0 Å². The van der Waals surface area contributed by atoms with Crippen molar-refractivity contribution in [2.75, 3.05) is 18.0 Å².